The maximum absolute atomic E-state index is 9.04. The van der Waals surface area contributed by atoms with E-state index in [1.54, 1.807) is 0 Å². The fourth-order valence-electron chi connectivity index (χ4n) is 1.17. The van der Waals surface area contributed by atoms with E-state index < -0.39 is 11.3 Å². The van der Waals surface area contributed by atoms with Crippen molar-refractivity contribution in [2.75, 3.05) is 19.8 Å². The summed E-state index contributed by atoms with van der Waals surface area (Å²) in [6.07, 6.45) is 0. The largest absolute Gasteiger partial charge is 0.394 e. The molecule has 0 radical (unpaired) electrons. The summed E-state index contributed by atoms with van der Waals surface area (Å²) in [4.78, 5) is 0. The van der Waals surface area contributed by atoms with E-state index in [9.17, 15) is 0 Å². The summed E-state index contributed by atoms with van der Waals surface area (Å²) in [5.41, 5.74) is 4.97. The third kappa shape index (κ3) is 2.08. The smallest absolute Gasteiger partial charge is 0.170 e. The average molecular weight is 203 g/mol. The van der Waals surface area contributed by atoms with Crippen molar-refractivity contribution in [1.82, 2.24) is 0 Å². The summed E-state index contributed by atoms with van der Waals surface area (Å²) in [5.74, 6) is -0.620. The highest BCUT2D eigenvalue weighted by molar-refractivity contribution is 4.92. The summed E-state index contributed by atoms with van der Waals surface area (Å²) in [7, 11) is 0. The van der Waals surface area contributed by atoms with Crippen LogP contribution in [0.4, 0.5) is 0 Å². The molecule has 84 valence electrons. The van der Waals surface area contributed by atoms with Crippen LogP contribution in [0.1, 0.15) is 27.7 Å². The van der Waals surface area contributed by atoms with Crippen molar-refractivity contribution >= 4 is 0 Å². The zero-order valence-electron chi connectivity index (χ0n) is 9.46. The van der Waals surface area contributed by atoms with Gasteiger partial charge in [-0.3, -0.25) is 0 Å². The Morgan fingerprint density at radius 1 is 1.29 bits per heavy atom. The van der Waals surface area contributed by atoms with Gasteiger partial charge in [-0.25, -0.2) is 0 Å². The summed E-state index contributed by atoms with van der Waals surface area (Å²) in [6, 6.07) is 0. The van der Waals surface area contributed by atoms with Gasteiger partial charge in [0, 0.05) is 5.41 Å². The van der Waals surface area contributed by atoms with Gasteiger partial charge in [0.1, 0.15) is 0 Å². The molecular formula is C10H21NO3. The van der Waals surface area contributed by atoms with Gasteiger partial charge < -0.3 is 20.3 Å². The molecule has 0 amide bonds. The van der Waals surface area contributed by atoms with Crippen LogP contribution < -0.4 is 5.73 Å². The molecule has 1 heterocycles. The Morgan fingerprint density at radius 3 is 2.00 bits per heavy atom. The number of rotatable bonds is 1. The van der Waals surface area contributed by atoms with Gasteiger partial charge in [0.15, 0.2) is 5.79 Å². The quantitative estimate of drug-likeness (QED) is 0.651. The van der Waals surface area contributed by atoms with Crippen molar-refractivity contribution < 1.29 is 14.6 Å². The second-order valence-electron chi connectivity index (χ2n) is 5.29. The molecule has 0 aromatic rings. The molecule has 1 saturated heterocycles. The second-order valence-corrected chi connectivity index (χ2v) is 5.29. The predicted molar refractivity (Wildman–Crippen MR) is 53.8 cm³/mol. The normalized spacial score (nSPS) is 39.9. The fraction of sp³-hybridized carbons (Fsp3) is 1.00. The number of nitrogens with two attached hydrogens (primary N) is 1. The van der Waals surface area contributed by atoms with E-state index in [0.717, 1.165) is 0 Å². The summed E-state index contributed by atoms with van der Waals surface area (Å²) < 4.78 is 11.3. The maximum atomic E-state index is 9.04. The fourth-order valence-corrected chi connectivity index (χ4v) is 1.17. The minimum Gasteiger partial charge on any atom is -0.394 e. The lowest BCUT2D eigenvalue weighted by molar-refractivity contribution is -0.322. The molecule has 1 aliphatic heterocycles. The molecule has 1 aliphatic rings. The van der Waals surface area contributed by atoms with Crippen LogP contribution in [-0.4, -0.2) is 36.3 Å². The van der Waals surface area contributed by atoms with Crippen LogP contribution in [0, 0.1) is 5.41 Å². The Balaban J connectivity index is 2.67. The van der Waals surface area contributed by atoms with Crippen LogP contribution >= 0.6 is 0 Å². The summed E-state index contributed by atoms with van der Waals surface area (Å²) in [6.45, 7) is 8.60. The first kappa shape index (κ1) is 11.9. The molecule has 4 nitrogen and oxygen atoms in total. The highest BCUT2D eigenvalue weighted by Gasteiger charge is 2.46. The SMILES string of the molecule is CC(C)(C)C1(C)OCC(N)(CO)CO1. The molecule has 4 heteroatoms. The van der Waals surface area contributed by atoms with Gasteiger partial charge in [-0.2, -0.15) is 0 Å². The monoisotopic (exact) mass is 203 g/mol. The van der Waals surface area contributed by atoms with Gasteiger partial charge in [0.2, 0.25) is 0 Å². The molecule has 14 heavy (non-hydrogen) atoms. The van der Waals surface area contributed by atoms with Crippen LogP contribution in [0.3, 0.4) is 0 Å². The first-order valence-corrected chi connectivity index (χ1v) is 4.90. The van der Waals surface area contributed by atoms with Crippen molar-refractivity contribution in [3.63, 3.8) is 0 Å². The van der Waals surface area contributed by atoms with E-state index >= 15 is 0 Å². The molecule has 0 aromatic carbocycles. The number of aliphatic hydroxyl groups is 1. The number of ether oxygens (including phenoxy) is 2. The van der Waals surface area contributed by atoms with E-state index in [1.807, 2.05) is 6.92 Å². The Kier molecular flexibility index (Phi) is 2.94. The van der Waals surface area contributed by atoms with Gasteiger partial charge in [-0.1, -0.05) is 20.8 Å². The lowest BCUT2D eigenvalue weighted by atomic mass is 9.85. The second kappa shape index (κ2) is 3.45. The van der Waals surface area contributed by atoms with Crippen molar-refractivity contribution in [2.45, 2.75) is 39.0 Å². The zero-order chi connectivity index (χ0) is 11.0. The third-order valence-electron chi connectivity index (χ3n) is 2.95. The molecule has 1 rings (SSSR count). The van der Waals surface area contributed by atoms with Crippen LogP contribution in [0.15, 0.2) is 0 Å². The van der Waals surface area contributed by atoms with Crippen LogP contribution in [0.5, 0.6) is 0 Å². The third-order valence-corrected chi connectivity index (χ3v) is 2.95. The van der Waals surface area contributed by atoms with Crippen molar-refractivity contribution in [1.29, 1.82) is 0 Å². The van der Waals surface area contributed by atoms with E-state index in [1.165, 1.54) is 0 Å². The Labute approximate surface area is 85.4 Å². The lowest BCUT2D eigenvalue weighted by Gasteiger charge is -2.48. The van der Waals surface area contributed by atoms with Crippen molar-refractivity contribution in [3.8, 4) is 0 Å². The van der Waals surface area contributed by atoms with Crippen LogP contribution in [-0.2, 0) is 9.47 Å². The number of hydrogen-bond acceptors (Lipinski definition) is 4. The first-order valence-electron chi connectivity index (χ1n) is 4.90. The molecule has 3 N–H and O–H groups in total. The van der Waals surface area contributed by atoms with Gasteiger partial charge >= 0.3 is 0 Å². The van der Waals surface area contributed by atoms with Crippen LogP contribution in [0.2, 0.25) is 0 Å². The molecule has 0 spiro atoms. The minimum absolute atomic E-state index is 0.107. The molecule has 0 atom stereocenters. The first-order chi connectivity index (χ1) is 6.22. The van der Waals surface area contributed by atoms with E-state index in [4.69, 9.17) is 20.3 Å². The molecule has 0 aliphatic carbocycles. The Morgan fingerprint density at radius 2 is 1.71 bits per heavy atom. The molecular weight excluding hydrogens is 182 g/mol. The average Bonchev–Trinajstić information content (AvgIpc) is 2.09. The van der Waals surface area contributed by atoms with E-state index in [0.29, 0.717) is 13.2 Å². The molecule has 0 saturated carbocycles. The molecule has 0 aromatic heterocycles. The zero-order valence-corrected chi connectivity index (χ0v) is 9.46. The molecule has 0 bridgehead atoms. The van der Waals surface area contributed by atoms with Crippen molar-refractivity contribution in [2.24, 2.45) is 11.1 Å². The lowest BCUT2D eigenvalue weighted by Crippen LogP contribution is -2.62. The minimum atomic E-state index is -0.745. The highest BCUT2D eigenvalue weighted by Crippen LogP contribution is 2.37. The Bertz CT molecular complexity index is 202. The highest BCUT2D eigenvalue weighted by atomic mass is 16.7. The summed E-state index contributed by atoms with van der Waals surface area (Å²) in [5, 5.41) is 9.04. The Hall–Kier alpha value is -0.160. The van der Waals surface area contributed by atoms with Gasteiger partial charge in [-0.15, -0.1) is 0 Å². The topological polar surface area (TPSA) is 64.7 Å². The van der Waals surface area contributed by atoms with E-state index in [2.05, 4.69) is 20.8 Å². The number of hydrogen-bond donors (Lipinski definition) is 2. The van der Waals surface area contributed by atoms with Crippen molar-refractivity contribution in [3.05, 3.63) is 0 Å². The van der Waals surface area contributed by atoms with Gasteiger partial charge in [0.25, 0.3) is 0 Å². The maximum Gasteiger partial charge on any atom is 0.170 e. The summed E-state index contributed by atoms with van der Waals surface area (Å²) >= 11 is 0. The predicted octanol–water partition coefficient (Wildman–Crippen LogP) is 0.485. The molecule has 0 unspecified atom stereocenters. The van der Waals surface area contributed by atoms with Crippen LogP contribution in [0.25, 0.3) is 0 Å². The standard InChI is InChI=1S/C10H21NO3/c1-8(2,3)9(4)13-6-10(11,5-12)7-14-9/h12H,5-7,11H2,1-4H3. The number of aliphatic hydroxyl groups excluding tert-OH is 1. The van der Waals surface area contributed by atoms with Gasteiger partial charge in [0.05, 0.1) is 25.4 Å². The van der Waals surface area contributed by atoms with E-state index in [-0.39, 0.29) is 12.0 Å². The van der Waals surface area contributed by atoms with Gasteiger partial charge in [-0.05, 0) is 6.92 Å². The molecule has 1 fully saturated rings.